The van der Waals surface area contributed by atoms with Gasteiger partial charge in [0.1, 0.15) is 6.61 Å². The molecule has 1 aromatic carbocycles. The van der Waals surface area contributed by atoms with Crippen LogP contribution in [0.1, 0.15) is 18.5 Å². The number of benzene rings is 1. The van der Waals surface area contributed by atoms with E-state index in [1.165, 1.54) is 11.3 Å². The van der Waals surface area contributed by atoms with E-state index in [2.05, 4.69) is 15.6 Å². The predicted molar refractivity (Wildman–Crippen MR) is 94.1 cm³/mol. The van der Waals surface area contributed by atoms with Crippen LogP contribution in [0.4, 0.5) is 5.13 Å². The van der Waals surface area contributed by atoms with Crippen LogP contribution in [0.15, 0.2) is 29.6 Å². The van der Waals surface area contributed by atoms with E-state index in [9.17, 15) is 9.59 Å². The van der Waals surface area contributed by atoms with Crippen LogP contribution in [0.3, 0.4) is 0 Å². The first-order chi connectivity index (χ1) is 12.1. The van der Waals surface area contributed by atoms with Crippen LogP contribution in [0.5, 0.6) is 11.5 Å². The van der Waals surface area contributed by atoms with Gasteiger partial charge < -0.3 is 20.1 Å². The van der Waals surface area contributed by atoms with Crippen LogP contribution in [-0.2, 0) is 9.59 Å². The third-order valence-corrected chi connectivity index (χ3v) is 4.42. The Morgan fingerprint density at radius 2 is 2.12 bits per heavy atom. The maximum atomic E-state index is 12.1. The second-order valence-electron chi connectivity index (χ2n) is 5.60. The van der Waals surface area contributed by atoms with Gasteiger partial charge in [-0.1, -0.05) is 12.1 Å². The normalized spacial score (nSPS) is 15.5. The molecule has 0 aliphatic carbocycles. The van der Waals surface area contributed by atoms with Crippen molar-refractivity contribution >= 4 is 28.3 Å². The van der Waals surface area contributed by atoms with Gasteiger partial charge in [0.15, 0.2) is 16.6 Å². The standard InChI is InChI=1S/C17H19N3O4S/c1-11-10-25-17(19-11)20-15(21)7-4-8-18-16(22)14-9-23-12-5-2-3-6-13(12)24-14/h2-3,5-6,10,14H,4,7-9H2,1H3,(H,18,22)(H,19,20,21)/t14-/m1/s1. The van der Waals surface area contributed by atoms with Gasteiger partial charge in [-0.3, -0.25) is 9.59 Å². The molecule has 0 fully saturated rings. The maximum Gasteiger partial charge on any atom is 0.264 e. The number of amides is 2. The summed E-state index contributed by atoms with van der Waals surface area (Å²) in [7, 11) is 0. The lowest BCUT2D eigenvalue weighted by Crippen LogP contribution is -2.44. The molecule has 132 valence electrons. The minimum atomic E-state index is -0.679. The summed E-state index contributed by atoms with van der Waals surface area (Å²) in [5.41, 5.74) is 0.879. The van der Waals surface area contributed by atoms with Crippen molar-refractivity contribution in [1.29, 1.82) is 0 Å². The topological polar surface area (TPSA) is 89.6 Å². The average Bonchev–Trinajstić information content (AvgIpc) is 3.02. The summed E-state index contributed by atoms with van der Waals surface area (Å²) in [6, 6.07) is 7.23. The van der Waals surface area contributed by atoms with Crippen LogP contribution in [0.2, 0.25) is 0 Å². The first-order valence-electron chi connectivity index (χ1n) is 8.00. The van der Waals surface area contributed by atoms with Gasteiger partial charge >= 0.3 is 0 Å². The van der Waals surface area contributed by atoms with Gasteiger partial charge in [-0.25, -0.2) is 4.98 Å². The number of nitrogens with one attached hydrogen (secondary N) is 2. The fourth-order valence-corrected chi connectivity index (χ4v) is 3.02. The molecule has 1 aliphatic rings. The summed E-state index contributed by atoms with van der Waals surface area (Å²) >= 11 is 1.39. The number of carbonyl (C=O) groups is 2. The van der Waals surface area contributed by atoms with Gasteiger partial charge in [-0.2, -0.15) is 0 Å². The Bertz CT molecular complexity index is 762. The van der Waals surface area contributed by atoms with Gasteiger partial charge in [0, 0.05) is 18.3 Å². The van der Waals surface area contributed by atoms with Gasteiger partial charge in [0.25, 0.3) is 5.91 Å². The number of rotatable bonds is 6. The Labute approximate surface area is 149 Å². The molecule has 0 radical (unpaired) electrons. The molecule has 1 aromatic heterocycles. The van der Waals surface area contributed by atoms with Crippen molar-refractivity contribution in [3.63, 3.8) is 0 Å². The number of hydrogen-bond acceptors (Lipinski definition) is 6. The molecular formula is C17H19N3O4S. The first kappa shape index (κ1) is 17.2. The molecule has 2 heterocycles. The van der Waals surface area contributed by atoms with Crippen molar-refractivity contribution in [3.8, 4) is 11.5 Å². The minimum absolute atomic E-state index is 0.116. The van der Waals surface area contributed by atoms with Crippen molar-refractivity contribution < 1.29 is 19.1 Å². The van der Waals surface area contributed by atoms with E-state index in [-0.39, 0.29) is 18.4 Å². The quantitative estimate of drug-likeness (QED) is 0.770. The Balaban J connectivity index is 1.36. The Hall–Kier alpha value is -2.61. The van der Waals surface area contributed by atoms with Gasteiger partial charge in [-0.15, -0.1) is 11.3 Å². The molecule has 0 bridgehead atoms. The molecule has 2 amide bonds. The van der Waals surface area contributed by atoms with Crippen molar-refractivity contribution in [3.05, 3.63) is 35.3 Å². The zero-order valence-electron chi connectivity index (χ0n) is 13.8. The highest BCUT2D eigenvalue weighted by Crippen LogP contribution is 2.30. The zero-order valence-corrected chi connectivity index (χ0v) is 14.6. The molecule has 1 aliphatic heterocycles. The Kier molecular flexibility index (Phi) is 5.49. The van der Waals surface area contributed by atoms with Crippen molar-refractivity contribution in [2.24, 2.45) is 0 Å². The second-order valence-corrected chi connectivity index (χ2v) is 6.46. The highest BCUT2D eigenvalue weighted by Gasteiger charge is 2.26. The molecule has 2 aromatic rings. The largest absolute Gasteiger partial charge is 0.485 e. The van der Waals surface area contributed by atoms with E-state index in [4.69, 9.17) is 9.47 Å². The van der Waals surface area contributed by atoms with E-state index >= 15 is 0 Å². The maximum absolute atomic E-state index is 12.1. The van der Waals surface area contributed by atoms with Crippen LogP contribution < -0.4 is 20.1 Å². The van der Waals surface area contributed by atoms with E-state index in [0.29, 0.717) is 36.0 Å². The fourth-order valence-electron chi connectivity index (χ4n) is 2.32. The molecular weight excluding hydrogens is 342 g/mol. The molecule has 3 rings (SSSR count). The Morgan fingerprint density at radius 1 is 1.32 bits per heavy atom. The molecule has 0 spiro atoms. The van der Waals surface area contributed by atoms with E-state index in [1.807, 2.05) is 24.4 Å². The molecule has 0 saturated heterocycles. The molecule has 8 heteroatoms. The van der Waals surface area contributed by atoms with Crippen molar-refractivity contribution in [2.75, 3.05) is 18.5 Å². The zero-order chi connectivity index (χ0) is 17.6. The number of carbonyl (C=O) groups excluding carboxylic acids is 2. The molecule has 25 heavy (non-hydrogen) atoms. The number of nitrogens with zero attached hydrogens (tertiary/aromatic N) is 1. The van der Waals surface area contributed by atoms with Gasteiger partial charge in [0.2, 0.25) is 12.0 Å². The van der Waals surface area contributed by atoms with Crippen LogP contribution >= 0.6 is 11.3 Å². The smallest absolute Gasteiger partial charge is 0.264 e. The monoisotopic (exact) mass is 361 g/mol. The van der Waals surface area contributed by atoms with Crippen LogP contribution in [0, 0.1) is 6.92 Å². The molecule has 0 saturated carbocycles. The summed E-state index contributed by atoms with van der Waals surface area (Å²) in [6.45, 7) is 2.44. The van der Waals surface area contributed by atoms with Crippen molar-refractivity contribution in [1.82, 2.24) is 10.3 Å². The lowest BCUT2D eigenvalue weighted by molar-refractivity contribution is -0.130. The Morgan fingerprint density at radius 3 is 2.88 bits per heavy atom. The van der Waals surface area contributed by atoms with E-state index in [1.54, 1.807) is 12.1 Å². The third kappa shape index (κ3) is 4.69. The highest BCUT2D eigenvalue weighted by molar-refractivity contribution is 7.13. The molecule has 0 unspecified atom stereocenters. The highest BCUT2D eigenvalue weighted by atomic mass is 32.1. The number of hydrogen-bond donors (Lipinski definition) is 2. The minimum Gasteiger partial charge on any atom is -0.485 e. The SMILES string of the molecule is Cc1csc(NC(=O)CCCNC(=O)[C@H]2COc3ccccc3O2)n1. The number of anilines is 1. The fraction of sp³-hybridized carbons (Fsp3) is 0.353. The van der Waals surface area contributed by atoms with Crippen LogP contribution in [0.25, 0.3) is 0 Å². The number of thiazole rings is 1. The number of fused-ring (bicyclic) bond motifs is 1. The number of aryl methyl sites for hydroxylation is 1. The van der Waals surface area contributed by atoms with E-state index in [0.717, 1.165) is 5.69 Å². The summed E-state index contributed by atoms with van der Waals surface area (Å²) in [6.07, 6.45) is 0.164. The lowest BCUT2D eigenvalue weighted by atomic mass is 10.2. The van der Waals surface area contributed by atoms with Crippen LogP contribution in [-0.4, -0.2) is 36.1 Å². The number of aromatic nitrogens is 1. The first-order valence-corrected chi connectivity index (χ1v) is 8.88. The second kappa shape index (κ2) is 7.98. The third-order valence-electron chi connectivity index (χ3n) is 3.55. The van der Waals surface area contributed by atoms with Gasteiger partial charge in [0.05, 0.1) is 5.69 Å². The molecule has 7 nitrogen and oxygen atoms in total. The van der Waals surface area contributed by atoms with Crippen molar-refractivity contribution in [2.45, 2.75) is 25.9 Å². The van der Waals surface area contributed by atoms with Gasteiger partial charge in [-0.05, 0) is 25.5 Å². The molecule has 2 N–H and O–H groups in total. The summed E-state index contributed by atoms with van der Waals surface area (Å²) in [5.74, 6) is 0.841. The van der Waals surface area contributed by atoms with E-state index < -0.39 is 6.10 Å². The predicted octanol–water partition coefficient (Wildman–Crippen LogP) is 2.13. The summed E-state index contributed by atoms with van der Waals surface area (Å²) < 4.78 is 11.1. The summed E-state index contributed by atoms with van der Waals surface area (Å²) in [5, 5.41) is 7.98. The summed E-state index contributed by atoms with van der Waals surface area (Å²) in [4.78, 5) is 28.1. The average molecular weight is 361 g/mol. The molecule has 1 atom stereocenters. The number of ether oxygens (including phenoxy) is 2. The number of para-hydroxylation sites is 2. The lowest BCUT2D eigenvalue weighted by Gasteiger charge is -2.25.